The van der Waals surface area contributed by atoms with Crippen LogP contribution in [0.25, 0.3) is 0 Å². The van der Waals surface area contributed by atoms with Crippen LogP contribution in [0.15, 0.2) is 36.4 Å². The lowest BCUT2D eigenvalue weighted by atomic mass is 10.1. The van der Waals surface area contributed by atoms with Crippen LogP contribution in [-0.2, 0) is 4.79 Å². The molecule has 4 rings (SSSR count). The summed E-state index contributed by atoms with van der Waals surface area (Å²) in [6.07, 6.45) is 0.318. The van der Waals surface area contributed by atoms with Crippen LogP contribution in [-0.4, -0.2) is 49.9 Å². The number of anilines is 2. The van der Waals surface area contributed by atoms with Crippen molar-refractivity contribution in [2.75, 3.05) is 38.1 Å². The number of hydrogen-bond donors (Lipinski definition) is 1. The lowest BCUT2D eigenvalue weighted by molar-refractivity contribution is -0.117. The summed E-state index contributed by atoms with van der Waals surface area (Å²) in [5, 5.41) is 12.7. The molecule has 1 aromatic heterocycles. The van der Waals surface area contributed by atoms with E-state index < -0.39 is 5.91 Å². The van der Waals surface area contributed by atoms with Crippen LogP contribution < -0.4 is 24.4 Å². The third-order valence-electron chi connectivity index (χ3n) is 5.20. The lowest BCUT2D eigenvalue weighted by Crippen LogP contribution is -2.24. The average Bonchev–Trinajstić information content (AvgIpc) is 3.45. The van der Waals surface area contributed by atoms with Crippen LogP contribution in [0.2, 0.25) is 5.02 Å². The number of benzene rings is 2. The number of amides is 2. The fourth-order valence-corrected chi connectivity index (χ4v) is 4.53. The largest absolute Gasteiger partial charge is 0.493 e. The molecule has 2 amide bonds. The van der Waals surface area contributed by atoms with Gasteiger partial charge in [0.15, 0.2) is 11.5 Å². The molecule has 33 heavy (non-hydrogen) atoms. The maximum Gasteiger partial charge on any atom is 0.257 e. The summed E-state index contributed by atoms with van der Waals surface area (Å²) in [5.74, 6) is 0.615. The van der Waals surface area contributed by atoms with E-state index in [4.69, 9.17) is 25.8 Å². The van der Waals surface area contributed by atoms with Gasteiger partial charge in [-0.3, -0.25) is 14.9 Å². The van der Waals surface area contributed by atoms with Gasteiger partial charge in [-0.05, 0) is 36.4 Å². The maximum absolute atomic E-state index is 12.8. The highest BCUT2D eigenvalue weighted by Gasteiger charge is 2.34. The van der Waals surface area contributed by atoms with Crippen molar-refractivity contribution in [2.45, 2.75) is 12.3 Å². The quantitative estimate of drug-likeness (QED) is 0.536. The Morgan fingerprint density at radius 2 is 1.76 bits per heavy atom. The first-order chi connectivity index (χ1) is 15.9. The van der Waals surface area contributed by atoms with E-state index in [0.29, 0.717) is 50.9 Å². The predicted octanol–water partition coefficient (Wildman–Crippen LogP) is 3.99. The number of methoxy groups -OCH3 is 3. The normalized spacial score (nSPS) is 15.5. The first kappa shape index (κ1) is 22.8. The van der Waals surface area contributed by atoms with Gasteiger partial charge in [-0.15, -0.1) is 10.2 Å². The number of halogens is 1. The molecule has 0 radical (unpaired) electrons. The summed E-state index contributed by atoms with van der Waals surface area (Å²) in [5.41, 5.74) is 1.10. The molecule has 0 bridgehead atoms. The molecular formula is C22H21ClN4O5S. The van der Waals surface area contributed by atoms with E-state index in [2.05, 4.69) is 15.5 Å². The Balaban J connectivity index is 1.47. The van der Waals surface area contributed by atoms with E-state index in [1.807, 2.05) is 12.1 Å². The standard InChI is InChI=1S/C22H21ClN4O5S/c1-30-16-8-12(9-17(31-2)19(16)32-3)20(29)24-22-26-25-21(33-22)13-10-18(28)27(11-13)15-6-4-14(23)5-7-15/h4-9,13H,10-11H2,1-3H3,(H,24,26,29)/t13-/m0/s1. The zero-order chi connectivity index (χ0) is 23.5. The minimum atomic E-state index is -0.401. The molecule has 0 unspecified atom stereocenters. The number of nitrogens with zero attached hydrogens (tertiary/aromatic N) is 3. The molecule has 2 heterocycles. The molecule has 1 aliphatic heterocycles. The Morgan fingerprint density at radius 3 is 2.36 bits per heavy atom. The number of rotatable bonds is 7. The third kappa shape index (κ3) is 4.71. The van der Waals surface area contributed by atoms with Crippen molar-refractivity contribution in [3.05, 3.63) is 52.0 Å². The van der Waals surface area contributed by atoms with Gasteiger partial charge in [0.1, 0.15) is 5.01 Å². The molecule has 9 nitrogen and oxygen atoms in total. The first-order valence-corrected chi connectivity index (χ1v) is 11.1. The van der Waals surface area contributed by atoms with E-state index in [1.165, 1.54) is 32.7 Å². The summed E-state index contributed by atoms with van der Waals surface area (Å²) in [6.45, 7) is 0.482. The summed E-state index contributed by atoms with van der Waals surface area (Å²) in [6, 6.07) is 10.2. The van der Waals surface area contributed by atoms with Crippen LogP contribution in [0.3, 0.4) is 0 Å². The minimum absolute atomic E-state index is 0.000492. The zero-order valence-corrected chi connectivity index (χ0v) is 19.7. The van der Waals surface area contributed by atoms with Gasteiger partial charge >= 0.3 is 0 Å². The summed E-state index contributed by atoms with van der Waals surface area (Å²) < 4.78 is 15.9. The van der Waals surface area contributed by atoms with E-state index >= 15 is 0 Å². The first-order valence-electron chi connectivity index (χ1n) is 9.94. The van der Waals surface area contributed by atoms with Gasteiger partial charge in [-0.1, -0.05) is 22.9 Å². The van der Waals surface area contributed by atoms with Crippen molar-refractivity contribution in [3.8, 4) is 17.2 Å². The molecule has 1 atom stereocenters. The molecule has 0 saturated carbocycles. The van der Waals surface area contributed by atoms with E-state index in [-0.39, 0.29) is 11.8 Å². The monoisotopic (exact) mass is 488 g/mol. The Morgan fingerprint density at radius 1 is 1.09 bits per heavy atom. The number of ether oxygens (including phenoxy) is 3. The third-order valence-corrected chi connectivity index (χ3v) is 6.45. The minimum Gasteiger partial charge on any atom is -0.493 e. The van der Waals surface area contributed by atoms with E-state index in [1.54, 1.807) is 29.2 Å². The second kappa shape index (κ2) is 9.63. The topological polar surface area (TPSA) is 103 Å². The lowest BCUT2D eigenvalue weighted by Gasteiger charge is -2.16. The summed E-state index contributed by atoms with van der Waals surface area (Å²) in [4.78, 5) is 27.0. The van der Waals surface area contributed by atoms with Gasteiger partial charge in [-0.2, -0.15) is 0 Å². The molecule has 172 valence electrons. The molecular weight excluding hydrogens is 468 g/mol. The van der Waals surface area contributed by atoms with Crippen molar-refractivity contribution >= 4 is 45.6 Å². The number of aromatic nitrogens is 2. The van der Waals surface area contributed by atoms with Crippen LogP contribution in [0.1, 0.15) is 27.7 Å². The number of carbonyl (C=O) groups excluding carboxylic acids is 2. The zero-order valence-electron chi connectivity index (χ0n) is 18.1. The highest BCUT2D eigenvalue weighted by molar-refractivity contribution is 7.15. The fourth-order valence-electron chi connectivity index (χ4n) is 3.58. The predicted molar refractivity (Wildman–Crippen MR) is 125 cm³/mol. The maximum atomic E-state index is 12.8. The number of nitrogens with one attached hydrogen (secondary N) is 1. The van der Waals surface area contributed by atoms with Crippen molar-refractivity contribution < 1.29 is 23.8 Å². The highest BCUT2D eigenvalue weighted by Crippen LogP contribution is 2.39. The van der Waals surface area contributed by atoms with Crippen LogP contribution in [0, 0.1) is 0 Å². The van der Waals surface area contributed by atoms with Crippen molar-refractivity contribution in [3.63, 3.8) is 0 Å². The van der Waals surface area contributed by atoms with Gasteiger partial charge in [-0.25, -0.2) is 0 Å². The molecule has 11 heteroatoms. The summed E-state index contributed by atoms with van der Waals surface area (Å²) in [7, 11) is 4.45. The SMILES string of the molecule is COc1cc(C(=O)Nc2nnc([C@H]3CC(=O)N(c4ccc(Cl)cc4)C3)s2)cc(OC)c1OC. The molecule has 2 aromatic carbocycles. The molecule has 0 spiro atoms. The Hall–Kier alpha value is -3.37. The van der Waals surface area contributed by atoms with Gasteiger partial charge in [0.05, 0.1) is 21.3 Å². The number of carbonyl (C=O) groups is 2. The van der Waals surface area contributed by atoms with E-state index in [9.17, 15) is 9.59 Å². The molecule has 1 saturated heterocycles. The van der Waals surface area contributed by atoms with E-state index in [0.717, 1.165) is 5.69 Å². The smallest absolute Gasteiger partial charge is 0.257 e. The molecule has 0 aliphatic carbocycles. The molecule has 1 aliphatic rings. The highest BCUT2D eigenvalue weighted by atomic mass is 35.5. The second-order valence-electron chi connectivity index (χ2n) is 7.20. The van der Waals surface area contributed by atoms with Crippen LogP contribution in [0.5, 0.6) is 17.2 Å². The Bertz CT molecular complexity index is 1160. The summed E-state index contributed by atoms with van der Waals surface area (Å²) >= 11 is 7.18. The van der Waals surface area contributed by atoms with Crippen molar-refractivity contribution in [1.29, 1.82) is 0 Å². The van der Waals surface area contributed by atoms with Crippen molar-refractivity contribution in [2.24, 2.45) is 0 Å². The van der Waals surface area contributed by atoms with Crippen LogP contribution >= 0.6 is 22.9 Å². The number of hydrogen-bond acceptors (Lipinski definition) is 8. The average molecular weight is 489 g/mol. The Labute approximate surface area is 199 Å². The molecule has 1 N–H and O–H groups in total. The fraction of sp³-hybridized carbons (Fsp3) is 0.273. The van der Waals surface area contributed by atoms with Crippen LogP contribution in [0.4, 0.5) is 10.8 Å². The van der Waals surface area contributed by atoms with Gasteiger partial charge in [0.2, 0.25) is 16.8 Å². The Kier molecular flexibility index (Phi) is 6.66. The van der Waals surface area contributed by atoms with Gasteiger partial charge in [0.25, 0.3) is 5.91 Å². The molecule has 3 aromatic rings. The van der Waals surface area contributed by atoms with Gasteiger partial charge in [0, 0.05) is 35.2 Å². The molecule has 1 fully saturated rings. The second-order valence-corrected chi connectivity index (χ2v) is 8.64. The van der Waals surface area contributed by atoms with Gasteiger partial charge < -0.3 is 19.1 Å². The van der Waals surface area contributed by atoms with Crippen molar-refractivity contribution in [1.82, 2.24) is 10.2 Å².